The lowest BCUT2D eigenvalue weighted by molar-refractivity contribution is -0.144. The largest absolute Gasteiger partial charge is 0.417 e. The fourth-order valence-corrected chi connectivity index (χ4v) is 6.39. The number of hydrogen-bond acceptors (Lipinski definition) is 3. The zero-order chi connectivity index (χ0) is 24.1. The van der Waals surface area contributed by atoms with Crippen molar-refractivity contribution >= 4 is 5.91 Å². The molecule has 1 amide bonds. The monoisotopic (exact) mass is 471 g/mol. The van der Waals surface area contributed by atoms with Gasteiger partial charge in [0, 0.05) is 44.0 Å². The van der Waals surface area contributed by atoms with Crippen molar-refractivity contribution in [3.8, 4) is 0 Å². The van der Waals surface area contributed by atoms with E-state index in [-0.39, 0.29) is 23.9 Å². The Bertz CT molecular complexity index is 1100. The van der Waals surface area contributed by atoms with Crippen molar-refractivity contribution in [2.24, 2.45) is 11.3 Å². The highest BCUT2D eigenvalue weighted by molar-refractivity contribution is 5.84. The summed E-state index contributed by atoms with van der Waals surface area (Å²) in [7, 11) is 0. The molecule has 0 radical (unpaired) electrons. The minimum absolute atomic E-state index is 0.133. The van der Waals surface area contributed by atoms with Gasteiger partial charge in [0.1, 0.15) is 0 Å². The zero-order valence-electron chi connectivity index (χ0n) is 19.8. The van der Waals surface area contributed by atoms with Gasteiger partial charge in [-0.05, 0) is 73.8 Å². The molecule has 2 saturated carbocycles. The Labute approximate surface area is 198 Å². The summed E-state index contributed by atoms with van der Waals surface area (Å²) in [6.45, 7) is 5.76. The van der Waals surface area contributed by atoms with Crippen molar-refractivity contribution in [1.29, 1.82) is 0 Å². The number of pyridine rings is 1. The standard InChI is InChI=1S/C27H32F3N3O/c1-17-5-6-19(10-18(17)2)14-31-23-12-21-4-3-8-26(21,13-23)25(34)33-9-7-24-20(16-33)11-22(15-32-24)27(28,29)30/h5-6,10-11,15,21,23,31H,3-4,7-9,12-14,16H2,1-2H3. The normalized spacial score (nSPS) is 26.4. The number of benzene rings is 1. The number of aryl methyl sites for hydroxylation is 2. The Morgan fingerprint density at radius 1 is 1.24 bits per heavy atom. The van der Waals surface area contributed by atoms with Crippen LogP contribution in [-0.2, 0) is 30.5 Å². The lowest BCUT2D eigenvalue weighted by Crippen LogP contribution is -2.46. The van der Waals surface area contributed by atoms with Gasteiger partial charge in [-0.15, -0.1) is 0 Å². The van der Waals surface area contributed by atoms with Crippen molar-refractivity contribution in [3.63, 3.8) is 0 Å². The van der Waals surface area contributed by atoms with E-state index in [1.165, 1.54) is 22.8 Å². The maximum absolute atomic E-state index is 13.9. The number of aromatic nitrogens is 1. The SMILES string of the molecule is Cc1ccc(CNC2CC3CCCC3(C(=O)N3CCc4ncc(C(F)(F)F)cc4C3)C2)cc1C. The van der Waals surface area contributed by atoms with E-state index in [9.17, 15) is 18.0 Å². The van der Waals surface area contributed by atoms with Gasteiger partial charge in [-0.3, -0.25) is 9.78 Å². The van der Waals surface area contributed by atoms with E-state index in [4.69, 9.17) is 0 Å². The lowest BCUT2D eigenvalue weighted by atomic mass is 9.78. The van der Waals surface area contributed by atoms with Crippen LogP contribution in [0, 0.1) is 25.2 Å². The molecule has 3 atom stereocenters. The summed E-state index contributed by atoms with van der Waals surface area (Å²) in [5, 5.41) is 3.69. The molecule has 0 bridgehead atoms. The van der Waals surface area contributed by atoms with Crippen LogP contribution in [0.1, 0.15) is 65.6 Å². The summed E-state index contributed by atoms with van der Waals surface area (Å²) >= 11 is 0. The van der Waals surface area contributed by atoms with E-state index in [2.05, 4.69) is 42.3 Å². The van der Waals surface area contributed by atoms with Crippen LogP contribution in [0.25, 0.3) is 0 Å². The Kier molecular flexibility index (Phi) is 5.95. The first-order valence-corrected chi connectivity index (χ1v) is 12.3. The molecule has 7 heteroatoms. The van der Waals surface area contributed by atoms with E-state index in [0.29, 0.717) is 30.1 Å². The van der Waals surface area contributed by atoms with E-state index in [0.717, 1.165) is 44.8 Å². The molecule has 182 valence electrons. The van der Waals surface area contributed by atoms with E-state index >= 15 is 0 Å². The topological polar surface area (TPSA) is 45.2 Å². The summed E-state index contributed by atoms with van der Waals surface area (Å²) in [4.78, 5) is 19.7. The van der Waals surface area contributed by atoms with E-state index in [1.807, 2.05) is 0 Å². The number of nitrogens with one attached hydrogen (secondary N) is 1. The summed E-state index contributed by atoms with van der Waals surface area (Å²) in [5.74, 6) is 0.479. The zero-order valence-corrected chi connectivity index (χ0v) is 19.8. The van der Waals surface area contributed by atoms with Crippen LogP contribution in [0.4, 0.5) is 13.2 Å². The van der Waals surface area contributed by atoms with Crippen molar-refractivity contribution in [1.82, 2.24) is 15.2 Å². The second-order valence-corrected chi connectivity index (χ2v) is 10.5. The van der Waals surface area contributed by atoms with E-state index < -0.39 is 11.7 Å². The Morgan fingerprint density at radius 2 is 2.06 bits per heavy atom. The van der Waals surface area contributed by atoms with Crippen LogP contribution in [0.2, 0.25) is 0 Å². The van der Waals surface area contributed by atoms with Gasteiger partial charge in [0.2, 0.25) is 5.91 Å². The van der Waals surface area contributed by atoms with Gasteiger partial charge in [-0.1, -0.05) is 24.6 Å². The third-order valence-corrected chi connectivity index (χ3v) is 8.38. The van der Waals surface area contributed by atoms with Gasteiger partial charge in [-0.2, -0.15) is 13.2 Å². The average Bonchev–Trinajstić information content (AvgIpc) is 3.36. The van der Waals surface area contributed by atoms with Crippen LogP contribution in [-0.4, -0.2) is 28.4 Å². The molecule has 34 heavy (non-hydrogen) atoms. The molecule has 2 aliphatic carbocycles. The molecule has 4 nitrogen and oxygen atoms in total. The molecule has 1 N–H and O–H groups in total. The Hall–Kier alpha value is -2.41. The third-order valence-electron chi connectivity index (χ3n) is 8.38. The van der Waals surface area contributed by atoms with Gasteiger partial charge < -0.3 is 10.2 Å². The number of carbonyl (C=O) groups excluding carboxylic acids is 1. The summed E-state index contributed by atoms with van der Waals surface area (Å²) in [6.07, 6.45) is 1.76. The van der Waals surface area contributed by atoms with Gasteiger partial charge in [0.15, 0.2) is 0 Å². The molecule has 3 aliphatic rings. The average molecular weight is 472 g/mol. The van der Waals surface area contributed by atoms with Crippen LogP contribution in [0.3, 0.4) is 0 Å². The third kappa shape index (κ3) is 4.23. The van der Waals surface area contributed by atoms with E-state index in [1.54, 1.807) is 4.90 Å². The molecule has 1 aliphatic heterocycles. The number of amides is 1. The molecule has 0 spiro atoms. The number of hydrogen-bond donors (Lipinski definition) is 1. The number of carbonyl (C=O) groups is 1. The molecule has 5 rings (SSSR count). The first-order chi connectivity index (χ1) is 16.2. The molecule has 2 fully saturated rings. The number of nitrogens with zero attached hydrogens (tertiary/aromatic N) is 2. The highest BCUT2D eigenvalue weighted by atomic mass is 19.4. The minimum atomic E-state index is -4.43. The van der Waals surface area contributed by atoms with Crippen LogP contribution in [0.5, 0.6) is 0 Å². The van der Waals surface area contributed by atoms with Crippen molar-refractivity contribution in [2.75, 3.05) is 6.54 Å². The smallest absolute Gasteiger partial charge is 0.337 e. The van der Waals surface area contributed by atoms with Gasteiger partial charge in [0.25, 0.3) is 0 Å². The summed E-state index contributed by atoms with van der Waals surface area (Å²) in [5.41, 5.74) is 3.90. The number of halogens is 3. The molecule has 1 aromatic carbocycles. The molecule has 0 saturated heterocycles. The maximum Gasteiger partial charge on any atom is 0.417 e. The van der Waals surface area contributed by atoms with Crippen LogP contribution >= 0.6 is 0 Å². The Morgan fingerprint density at radius 3 is 2.82 bits per heavy atom. The predicted molar refractivity (Wildman–Crippen MR) is 124 cm³/mol. The molecule has 2 aromatic rings. The van der Waals surface area contributed by atoms with Crippen molar-refractivity contribution in [3.05, 3.63) is 64.0 Å². The highest BCUT2D eigenvalue weighted by Crippen LogP contribution is 2.55. The van der Waals surface area contributed by atoms with Gasteiger partial charge >= 0.3 is 6.18 Å². The highest BCUT2D eigenvalue weighted by Gasteiger charge is 2.56. The summed E-state index contributed by atoms with van der Waals surface area (Å²) < 4.78 is 39.6. The molecule has 2 heterocycles. The second kappa shape index (κ2) is 8.67. The van der Waals surface area contributed by atoms with Gasteiger partial charge in [-0.25, -0.2) is 0 Å². The van der Waals surface area contributed by atoms with Crippen LogP contribution < -0.4 is 5.32 Å². The number of rotatable bonds is 4. The van der Waals surface area contributed by atoms with Crippen molar-refractivity contribution < 1.29 is 18.0 Å². The molecular formula is C27H32F3N3O. The Balaban J connectivity index is 1.29. The summed E-state index contributed by atoms with van der Waals surface area (Å²) in [6, 6.07) is 7.97. The number of fused-ring (bicyclic) bond motifs is 2. The predicted octanol–water partition coefficient (Wildman–Crippen LogP) is 5.34. The van der Waals surface area contributed by atoms with Crippen molar-refractivity contribution in [2.45, 2.75) is 77.7 Å². The lowest BCUT2D eigenvalue weighted by Gasteiger charge is -2.37. The first-order valence-electron chi connectivity index (χ1n) is 12.3. The van der Waals surface area contributed by atoms with Crippen LogP contribution in [0.15, 0.2) is 30.5 Å². The molecule has 3 unspecified atom stereocenters. The first kappa shape index (κ1) is 23.3. The maximum atomic E-state index is 13.9. The fourth-order valence-electron chi connectivity index (χ4n) is 6.39. The number of alkyl halides is 3. The van der Waals surface area contributed by atoms with Gasteiger partial charge in [0.05, 0.1) is 11.0 Å². The quantitative estimate of drug-likeness (QED) is 0.655. The second-order valence-electron chi connectivity index (χ2n) is 10.5. The fraction of sp³-hybridized carbons (Fsp3) is 0.556. The molecule has 1 aromatic heterocycles. The molecular weight excluding hydrogens is 439 g/mol. The minimum Gasteiger partial charge on any atom is -0.337 e.